The molecule has 0 aliphatic heterocycles. The van der Waals surface area contributed by atoms with E-state index in [9.17, 15) is 0 Å². The van der Waals surface area contributed by atoms with E-state index in [0.29, 0.717) is 0 Å². The lowest BCUT2D eigenvalue weighted by atomic mass is 10.2. The summed E-state index contributed by atoms with van der Waals surface area (Å²) in [5, 5.41) is 0. The fraction of sp³-hybridized carbons (Fsp3) is 0.235. The van der Waals surface area contributed by atoms with Crippen molar-refractivity contribution >= 4 is 23.3 Å². The molecule has 0 aliphatic rings. The first-order valence-electron chi connectivity index (χ1n) is 6.66. The summed E-state index contributed by atoms with van der Waals surface area (Å²) in [6.07, 6.45) is 1.93. The van der Waals surface area contributed by atoms with Gasteiger partial charge in [-0.25, -0.2) is 0 Å². The standard InChI is InChI=1S/C17H21N3/c1-19(2)16-11-7-5-9-14(16)13-18-15-10-6-8-12-17(15)20(3)4/h5-13H,1-4H3/b18-13-. The molecule has 0 aromatic heterocycles. The highest BCUT2D eigenvalue weighted by atomic mass is 15.1. The highest BCUT2D eigenvalue weighted by Gasteiger charge is 2.03. The molecular weight excluding hydrogens is 246 g/mol. The van der Waals surface area contributed by atoms with Crippen molar-refractivity contribution in [2.24, 2.45) is 4.99 Å². The molecule has 2 aromatic carbocycles. The van der Waals surface area contributed by atoms with Gasteiger partial charge in [-0.2, -0.15) is 0 Å². The second-order valence-electron chi connectivity index (χ2n) is 5.09. The summed E-state index contributed by atoms with van der Waals surface area (Å²) in [6, 6.07) is 16.4. The van der Waals surface area contributed by atoms with Crippen molar-refractivity contribution in [3.63, 3.8) is 0 Å². The van der Waals surface area contributed by atoms with Crippen molar-refractivity contribution in [2.45, 2.75) is 0 Å². The summed E-state index contributed by atoms with van der Waals surface area (Å²) in [4.78, 5) is 8.82. The SMILES string of the molecule is CN(C)c1ccccc1/C=N\c1ccccc1N(C)C. The van der Waals surface area contributed by atoms with Gasteiger partial charge in [-0.15, -0.1) is 0 Å². The summed E-state index contributed by atoms with van der Waals surface area (Å²) in [7, 11) is 8.14. The predicted molar refractivity (Wildman–Crippen MR) is 88.8 cm³/mol. The Morgan fingerprint density at radius 2 is 1.30 bits per heavy atom. The first kappa shape index (κ1) is 14.1. The molecule has 20 heavy (non-hydrogen) atoms. The van der Waals surface area contributed by atoms with Gasteiger partial charge in [-0.1, -0.05) is 30.3 Å². The molecule has 0 N–H and O–H groups in total. The summed E-state index contributed by atoms with van der Waals surface area (Å²) in [5.41, 5.74) is 4.38. The number of benzene rings is 2. The van der Waals surface area contributed by atoms with Gasteiger partial charge in [-0.05, 0) is 18.2 Å². The molecule has 0 spiro atoms. The van der Waals surface area contributed by atoms with Crippen molar-refractivity contribution in [1.29, 1.82) is 0 Å². The average molecular weight is 267 g/mol. The van der Waals surface area contributed by atoms with E-state index in [1.54, 1.807) is 0 Å². The minimum Gasteiger partial charge on any atom is -0.377 e. The van der Waals surface area contributed by atoms with Crippen LogP contribution in [0.5, 0.6) is 0 Å². The van der Waals surface area contributed by atoms with Gasteiger partial charge >= 0.3 is 0 Å². The Bertz CT molecular complexity index is 547. The lowest BCUT2D eigenvalue weighted by molar-refractivity contribution is 1.12. The van der Waals surface area contributed by atoms with Gasteiger partial charge in [0, 0.05) is 45.7 Å². The summed E-state index contributed by atoms with van der Waals surface area (Å²) >= 11 is 0. The largest absolute Gasteiger partial charge is 0.377 e. The Morgan fingerprint density at radius 3 is 1.95 bits per heavy atom. The molecule has 0 saturated carbocycles. The van der Waals surface area contributed by atoms with Crippen molar-refractivity contribution in [3.05, 3.63) is 54.1 Å². The minimum atomic E-state index is 0.978. The van der Waals surface area contributed by atoms with Gasteiger partial charge in [0.1, 0.15) is 0 Å². The topological polar surface area (TPSA) is 18.8 Å². The lowest BCUT2D eigenvalue weighted by Gasteiger charge is -2.16. The van der Waals surface area contributed by atoms with Crippen LogP contribution in [0.2, 0.25) is 0 Å². The van der Waals surface area contributed by atoms with Crippen LogP contribution in [-0.2, 0) is 0 Å². The van der Waals surface area contributed by atoms with Crippen LogP contribution in [0.25, 0.3) is 0 Å². The van der Waals surface area contributed by atoms with Crippen LogP contribution in [-0.4, -0.2) is 34.4 Å². The first-order chi connectivity index (χ1) is 9.59. The van der Waals surface area contributed by atoms with Gasteiger partial charge in [-0.3, -0.25) is 4.99 Å². The fourth-order valence-electron chi connectivity index (χ4n) is 2.09. The molecule has 0 atom stereocenters. The third-order valence-corrected chi connectivity index (χ3v) is 3.12. The number of nitrogens with zero attached hydrogens (tertiary/aromatic N) is 3. The molecule has 3 nitrogen and oxygen atoms in total. The van der Waals surface area contributed by atoms with Gasteiger partial charge < -0.3 is 9.80 Å². The van der Waals surface area contributed by atoms with E-state index >= 15 is 0 Å². The molecular formula is C17H21N3. The zero-order valence-corrected chi connectivity index (χ0v) is 12.5. The second kappa shape index (κ2) is 6.24. The summed E-state index contributed by atoms with van der Waals surface area (Å²) in [6.45, 7) is 0. The van der Waals surface area contributed by atoms with E-state index in [4.69, 9.17) is 0 Å². The van der Waals surface area contributed by atoms with E-state index < -0.39 is 0 Å². The number of aliphatic imine (C=N–C) groups is 1. The maximum atomic E-state index is 4.65. The van der Waals surface area contributed by atoms with Crippen molar-refractivity contribution in [2.75, 3.05) is 38.0 Å². The molecule has 0 radical (unpaired) electrons. The van der Waals surface area contributed by atoms with Crippen molar-refractivity contribution in [1.82, 2.24) is 0 Å². The van der Waals surface area contributed by atoms with Crippen molar-refractivity contribution < 1.29 is 0 Å². The molecule has 2 aromatic rings. The average Bonchev–Trinajstić information content (AvgIpc) is 2.45. The van der Waals surface area contributed by atoms with Crippen LogP contribution >= 0.6 is 0 Å². The van der Waals surface area contributed by atoms with Gasteiger partial charge in [0.25, 0.3) is 0 Å². The van der Waals surface area contributed by atoms with Crippen molar-refractivity contribution in [3.8, 4) is 0 Å². The number of anilines is 2. The Labute approximate surface area is 121 Å². The highest BCUT2D eigenvalue weighted by molar-refractivity contribution is 5.90. The van der Waals surface area contributed by atoms with E-state index in [1.165, 1.54) is 5.69 Å². The Balaban J connectivity index is 2.35. The molecule has 0 heterocycles. The molecule has 0 aliphatic carbocycles. The zero-order valence-electron chi connectivity index (χ0n) is 12.5. The van der Waals surface area contributed by atoms with Crippen LogP contribution in [0.4, 0.5) is 17.1 Å². The summed E-state index contributed by atoms with van der Waals surface area (Å²) < 4.78 is 0. The van der Waals surface area contributed by atoms with Crippen LogP contribution in [0.3, 0.4) is 0 Å². The number of hydrogen-bond acceptors (Lipinski definition) is 3. The van der Waals surface area contributed by atoms with Crippen LogP contribution in [0.1, 0.15) is 5.56 Å². The highest BCUT2D eigenvalue weighted by Crippen LogP contribution is 2.27. The molecule has 0 saturated heterocycles. The quantitative estimate of drug-likeness (QED) is 0.789. The second-order valence-corrected chi connectivity index (χ2v) is 5.09. The number of rotatable bonds is 4. The molecule has 3 heteroatoms. The normalized spacial score (nSPS) is 10.8. The molecule has 0 amide bonds. The maximum Gasteiger partial charge on any atom is 0.0863 e. The van der Waals surface area contributed by atoms with Gasteiger partial charge in [0.15, 0.2) is 0 Å². The van der Waals surface area contributed by atoms with Gasteiger partial charge in [0.05, 0.1) is 11.4 Å². The van der Waals surface area contributed by atoms with E-state index in [2.05, 4.69) is 33.0 Å². The third-order valence-electron chi connectivity index (χ3n) is 3.12. The molecule has 0 bridgehead atoms. The minimum absolute atomic E-state index is 0.978. The molecule has 104 valence electrons. The third kappa shape index (κ3) is 3.18. The predicted octanol–water partition coefficient (Wildman–Crippen LogP) is 3.57. The molecule has 2 rings (SSSR count). The fourth-order valence-corrected chi connectivity index (χ4v) is 2.09. The Hall–Kier alpha value is -2.29. The number of hydrogen-bond donors (Lipinski definition) is 0. The van der Waals surface area contributed by atoms with Crippen LogP contribution in [0.15, 0.2) is 53.5 Å². The smallest absolute Gasteiger partial charge is 0.0863 e. The van der Waals surface area contributed by atoms with E-state index in [0.717, 1.165) is 16.9 Å². The monoisotopic (exact) mass is 267 g/mol. The van der Waals surface area contributed by atoms with E-state index in [1.807, 2.05) is 64.7 Å². The summed E-state index contributed by atoms with van der Waals surface area (Å²) in [5.74, 6) is 0. The molecule has 0 unspecified atom stereocenters. The van der Waals surface area contributed by atoms with Crippen LogP contribution < -0.4 is 9.80 Å². The Morgan fingerprint density at radius 1 is 0.750 bits per heavy atom. The first-order valence-corrected chi connectivity index (χ1v) is 6.66. The number of para-hydroxylation sites is 3. The lowest BCUT2D eigenvalue weighted by Crippen LogP contribution is -2.11. The van der Waals surface area contributed by atoms with E-state index in [-0.39, 0.29) is 0 Å². The zero-order chi connectivity index (χ0) is 14.5. The maximum absolute atomic E-state index is 4.65. The molecule has 0 fully saturated rings. The van der Waals surface area contributed by atoms with Gasteiger partial charge in [0.2, 0.25) is 0 Å². The Kier molecular flexibility index (Phi) is 4.41. The van der Waals surface area contributed by atoms with Crippen LogP contribution in [0, 0.1) is 0 Å².